The van der Waals surface area contributed by atoms with Crippen molar-refractivity contribution in [1.29, 1.82) is 0 Å². The number of hydrogen-bond acceptors (Lipinski definition) is 0. The number of allylic oxidation sites excluding steroid dienone is 2. The largest absolute Gasteiger partial charge is 0.0679 e. The molecule has 0 aliphatic heterocycles. The first-order valence-corrected chi connectivity index (χ1v) is 5.51. The summed E-state index contributed by atoms with van der Waals surface area (Å²) in [6, 6.07) is 0. The summed E-state index contributed by atoms with van der Waals surface area (Å²) in [5.74, 6) is 1.83. The molecular formula is C12H20. The van der Waals surface area contributed by atoms with E-state index in [0.29, 0.717) is 0 Å². The van der Waals surface area contributed by atoms with Crippen molar-refractivity contribution in [1.82, 2.24) is 0 Å². The molecule has 0 saturated carbocycles. The Kier molecular flexibility index (Phi) is 2.25. The molecule has 2 aliphatic rings. The summed E-state index contributed by atoms with van der Waals surface area (Å²) >= 11 is 0. The first kappa shape index (κ1) is 8.34. The van der Waals surface area contributed by atoms with Gasteiger partial charge in [-0.25, -0.2) is 0 Å². The average Bonchev–Trinajstić information content (AvgIpc) is 2.30. The van der Waals surface area contributed by atoms with Gasteiger partial charge in [-0.1, -0.05) is 31.4 Å². The Morgan fingerprint density at radius 3 is 2.33 bits per heavy atom. The molecule has 12 heavy (non-hydrogen) atoms. The van der Waals surface area contributed by atoms with E-state index in [0.717, 1.165) is 11.8 Å². The van der Waals surface area contributed by atoms with Gasteiger partial charge < -0.3 is 0 Å². The Hall–Kier alpha value is -0.260. The van der Waals surface area contributed by atoms with Crippen LogP contribution < -0.4 is 0 Å². The van der Waals surface area contributed by atoms with Gasteiger partial charge in [-0.2, -0.15) is 0 Å². The molecule has 0 saturated heterocycles. The van der Waals surface area contributed by atoms with E-state index in [1.807, 2.05) is 11.1 Å². The van der Waals surface area contributed by atoms with Crippen LogP contribution in [0.4, 0.5) is 0 Å². The molecule has 0 spiro atoms. The van der Waals surface area contributed by atoms with Gasteiger partial charge in [-0.3, -0.25) is 0 Å². The van der Waals surface area contributed by atoms with Gasteiger partial charge in [0, 0.05) is 0 Å². The van der Waals surface area contributed by atoms with Gasteiger partial charge in [-0.15, -0.1) is 0 Å². The molecule has 0 aromatic heterocycles. The highest BCUT2D eigenvalue weighted by molar-refractivity contribution is 5.25. The predicted molar refractivity (Wildman–Crippen MR) is 53.1 cm³/mol. The van der Waals surface area contributed by atoms with E-state index < -0.39 is 0 Å². The quantitative estimate of drug-likeness (QED) is 0.476. The van der Waals surface area contributed by atoms with Gasteiger partial charge in [-0.05, 0) is 43.9 Å². The molecule has 0 fully saturated rings. The van der Waals surface area contributed by atoms with Crippen LogP contribution in [0.2, 0.25) is 0 Å². The molecule has 0 N–H and O–H groups in total. The Morgan fingerprint density at radius 2 is 1.50 bits per heavy atom. The topological polar surface area (TPSA) is 0 Å². The molecule has 2 atom stereocenters. The van der Waals surface area contributed by atoms with E-state index in [-0.39, 0.29) is 0 Å². The third kappa shape index (κ3) is 1.32. The van der Waals surface area contributed by atoms with E-state index in [2.05, 4.69) is 13.8 Å². The molecule has 2 aliphatic carbocycles. The van der Waals surface area contributed by atoms with Crippen molar-refractivity contribution >= 4 is 0 Å². The fraction of sp³-hybridized carbons (Fsp3) is 0.833. The molecule has 0 bridgehead atoms. The minimum Gasteiger partial charge on any atom is -0.0679 e. The summed E-state index contributed by atoms with van der Waals surface area (Å²) < 4.78 is 0. The first-order valence-electron chi connectivity index (χ1n) is 5.51. The minimum atomic E-state index is 0.910. The van der Waals surface area contributed by atoms with Crippen LogP contribution in [-0.4, -0.2) is 0 Å². The molecule has 0 nitrogen and oxygen atoms in total. The van der Waals surface area contributed by atoms with Crippen LogP contribution in [0.5, 0.6) is 0 Å². The second kappa shape index (κ2) is 3.24. The third-order valence-electron chi connectivity index (χ3n) is 3.78. The van der Waals surface area contributed by atoms with Crippen molar-refractivity contribution < 1.29 is 0 Å². The highest BCUT2D eigenvalue weighted by Crippen LogP contribution is 2.42. The fourth-order valence-electron chi connectivity index (χ4n) is 2.93. The zero-order valence-corrected chi connectivity index (χ0v) is 8.40. The van der Waals surface area contributed by atoms with Crippen LogP contribution in [0.25, 0.3) is 0 Å². The second-order valence-electron chi connectivity index (χ2n) is 4.64. The normalized spacial score (nSPS) is 36.5. The SMILES string of the molecule is CC1CCCCC2=C1CCC2C. The summed E-state index contributed by atoms with van der Waals surface area (Å²) in [5, 5.41) is 0. The van der Waals surface area contributed by atoms with Crippen molar-refractivity contribution in [3.05, 3.63) is 11.1 Å². The van der Waals surface area contributed by atoms with Crippen LogP contribution >= 0.6 is 0 Å². The summed E-state index contributed by atoms with van der Waals surface area (Å²) in [5.41, 5.74) is 3.69. The van der Waals surface area contributed by atoms with Crippen LogP contribution in [0.15, 0.2) is 11.1 Å². The van der Waals surface area contributed by atoms with E-state index in [9.17, 15) is 0 Å². The molecule has 0 radical (unpaired) electrons. The van der Waals surface area contributed by atoms with Gasteiger partial charge >= 0.3 is 0 Å². The molecular weight excluding hydrogens is 144 g/mol. The van der Waals surface area contributed by atoms with Crippen molar-refractivity contribution in [2.75, 3.05) is 0 Å². The summed E-state index contributed by atoms with van der Waals surface area (Å²) in [4.78, 5) is 0. The molecule has 0 heterocycles. The lowest BCUT2D eigenvalue weighted by atomic mass is 9.95. The van der Waals surface area contributed by atoms with E-state index in [1.165, 1.54) is 38.5 Å². The van der Waals surface area contributed by atoms with Crippen LogP contribution in [0.1, 0.15) is 52.4 Å². The zero-order chi connectivity index (χ0) is 8.55. The number of hydrogen-bond donors (Lipinski definition) is 0. The molecule has 68 valence electrons. The summed E-state index contributed by atoms with van der Waals surface area (Å²) in [6.45, 7) is 4.85. The van der Waals surface area contributed by atoms with Crippen molar-refractivity contribution in [3.63, 3.8) is 0 Å². The lowest BCUT2D eigenvalue weighted by Gasteiger charge is -2.11. The van der Waals surface area contributed by atoms with Gasteiger partial charge in [0.2, 0.25) is 0 Å². The maximum atomic E-state index is 2.43. The highest BCUT2D eigenvalue weighted by Gasteiger charge is 2.26. The monoisotopic (exact) mass is 164 g/mol. The van der Waals surface area contributed by atoms with E-state index in [1.54, 1.807) is 0 Å². The van der Waals surface area contributed by atoms with Crippen LogP contribution in [0, 0.1) is 11.8 Å². The van der Waals surface area contributed by atoms with Gasteiger partial charge in [0.25, 0.3) is 0 Å². The van der Waals surface area contributed by atoms with Crippen molar-refractivity contribution in [3.8, 4) is 0 Å². The zero-order valence-electron chi connectivity index (χ0n) is 8.40. The summed E-state index contributed by atoms with van der Waals surface area (Å²) in [6.07, 6.45) is 8.63. The predicted octanol–water partition coefficient (Wildman–Crippen LogP) is 3.92. The molecule has 0 aromatic carbocycles. The Morgan fingerprint density at radius 1 is 0.833 bits per heavy atom. The molecule has 2 rings (SSSR count). The first-order chi connectivity index (χ1) is 5.79. The highest BCUT2D eigenvalue weighted by atomic mass is 14.3. The Bertz CT molecular complexity index is 200. The van der Waals surface area contributed by atoms with Gasteiger partial charge in [0.05, 0.1) is 0 Å². The van der Waals surface area contributed by atoms with E-state index >= 15 is 0 Å². The lowest BCUT2D eigenvalue weighted by Crippen LogP contribution is -1.97. The molecule has 0 aromatic rings. The van der Waals surface area contributed by atoms with Crippen LogP contribution in [0.3, 0.4) is 0 Å². The maximum absolute atomic E-state index is 2.43. The van der Waals surface area contributed by atoms with E-state index in [4.69, 9.17) is 0 Å². The minimum absolute atomic E-state index is 0.910. The second-order valence-corrected chi connectivity index (χ2v) is 4.64. The van der Waals surface area contributed by atoms with Crippen molar-refractivity contribution in [2.45, 2.75) is 52.4 Å². The van der Waals surface area contributed by atoms with Gasteiger partial charge in [0.1, 0.15) is 0 Å². The Balaban J connectivity index is 2.23. The smallest absolute Gasteiger partial charge is 0.0226 e. The molecule has 0 amide bonds. The fourth-order valence-corrected chi connectivity index (χ4v) is 2.93. The van der Waals surface area contributed by atoms with Crippen molar-refractivity contribution in [2.24, 2.45) is 11.8 Å². The third-order valence-corrected chi connectivity index (χ3v) is 3.78. The van der Waals surface area contributed by atoms with Crippen LogP contribution in [-0.2, 0) is 0 Å². The average molecular weight is 164 g/mol. The molecule has 0 heteroatoms. The number of rotatable bonds is 0. The maximum Gasteiger partial charge on any atom is -0.0226 e. The molecule has 2 unspecified atom stereocenters. The lowest BCUT2D eigenvalue weighted by molar-refractivity contribution is 0.548. The Labute approximate surface area is 76.1 Å². The standard InChI is InChI=1S/C12H20/c1-9-5-3-4-6-11-10(2)7-8-12(9)11/h9-10H,3-8H2,1-2H3. The van der Waals surface area contributed by atoms with Gasteiger partial charge in [0.15, 0.2) is 0 Å². The summed E-state index contributed by atoms with van der Waals surface area (Å²) in [7, 11) is 0.